The van der Waals surface area contributed by atoms with E-state index in [9.17, 15) is 4.79 Å². The number of nitrogens with zero attached hydrogens (tertiary/aromatic N) is 3. The number of benzene rings is 2. The van der Waals surface area contributed by atoms with E-state index in [2.05, 4.69) is 31.2 Å². The zero-order valence-corrected chi connectivity index (χ0v) is 18.0. The molecule has 0 spiro atoms. The number of methoxy groups -OCH3 is 1. The molecular formula is C25H29N3O2. The molecule has 156 valence electrons. The summed E-state index contributed by atoms with van der Waals surface area (Å²) >= 11 is 0. The van der Waals surface area contributed by atoms with Crippen molar-refractivity contribution in [1.29, 1.82) is 0 Å². The molecule has 1 aliphatic heterocycles. The lowest BCUT2D eigenvalue weighted by atomic mass is 10.0. The van der Waals surface area contributed by atoms with Gasteiger partial charge in [-0.25, -0.2) is 4.68 Å². The number of aryl methyl sites for hydroxylation is 1. The van der Waals surface area contributed by atoms with E-state index in [1.54, 1.807) is 7.11 Å². The van der Waals surface area contributed by atoms with E-state index in [0.29, 0.717) is 12.8 Å². The second-order valence-corrected chi connectivity index (χ2v) is 7.92. The molecule has 0 saturated carbocycles. The smallest absolute Gasteiger partial charge is 0.223 e. The maximum atomic E-state index is 13.1. The van der Waals surface area contributed by atoms with Gasteiger partial charge in [-0.3, -0.25) is 4.79 Å². The van der Waals surface area contributed by atoms with Crippen LogP contribution in [-0.4, -0.2) is 34.2 Å². The fourth-order valence-corrected chi connectivity index (χ4v) is 4.49. The largest absolute Gasteiger partial charge is 0.497 e. The molecule has 1 fully saturated rings. The van der Waals surface area contributed by atoms with Gasteiger partial charge in [-0.05, 0) is 68.5 Å². The highest BCUT2D eigenvalue weighted by Gasteiger charge is 2.30. The van der Waals surface area contributed by atoms with Crippen molar-refractivity contribution >= 4 is 5.91 Å². The molecule has 0 radical (unpaired) electrons. The number of likely N-dealkylation sites (tertiary alicyclic amines) is 1. The predicted octanol–water partition coefficient (Wildman–Crippen LogP) is 4.79. The normalized spacial score (nSPS) is 16.1. The number of rotatable bonds is 6. The van der Waals surface area contributed by atoms with Gasteiger partial charge in [0.1, 0.15) is 5.75 Å². The SMILES string of the molecule is COc1cccc(C2CCCN2C(=O)CCc2c(C)nn(-c3ccccc3)c2C)c1. The molecule has 1 atom stereocenters. The van der Waals surface area contributed by atoms with Crippen LogP contribution in [-0.2, 0) is 11.2 Å². The molecule has 4 rings (SSSR count). The van der Waals surface area contributed by atoms with Crippen LogP contribution in [0, 0.1) is 13.8 Å². The Bertz CT molecular complexity index is 1030. The highest BCUT2D eigenvalue weighted by Crippen LogP contribution is 2.34. The number of carbonyl (C=O) groups is 1. The van der Waals surface area contributed by atoms with E-state index in [-0.39, 0.29) is 11.9 Å². The summed E-state index contributed by atoms with van der Waals surface area (Å²) in [6, 6.07) is 18.4. The minimum Gasteiger partial charge on any atom is -0.497 e. The standard InChI is InChI=1S/C25H29N3O2/c1-18-23(19(2)28(26-18)21-10-5-4-6-11-21)14-15-25(29)27-16-8-13-24(27)20-9-7-12-22(17-20)30-3/h4-7,9-12,17,24H,8,13-16H2,1-3H3. The molecule has 1 unspecified atom stereocenters. The summed E-state index contributed by atoms with van der Waals surface area (Å²) in [6.45, 7) is 4.94. The molecule has 1 aromatic heterocycles. The van der Waals surface area contributed by atoms with E-state index in [1.165, 1.54) is 5.56 Å². The maximum absolute atomic E-state index is 13.1. The third-order valence-electron chi connectivity index (χ3n) is 6.08. The van der Waals surface area contributed by atoms with Gasteiger partial charge in [0, 0.05) is 18.7 Å². The van der Waals surface area contributed by atoms with Gasteiger partial charge in [0.15, 0.2) is 0 Å². The molecule has 1 aliphatic rings. The van der Waals surface area contributed by atoms with E-state index in [1.807, 2.05) is 46.8 Å². The van der Waals surface area contributed by atoms with Gasteiger partial charge in [0.05, 0.1) is 24.5 Å². The van der Waals surface area contributed by atoms with Crippen LogP contribution in [0.4, 0.5) is 0 Å². The quantitative estimate of drug-likeness (QED) is 0.594. The van der Waals surface area contributed by atoms with Crippen LogP contribution in [0.3, 0.4) is 0 Å². The molecule has 1 saturated heterocycles. The Balaban J connectivity index is 1.47. The second kappa shape index (κ2) is 8.74. The Labute approximate surface area is 178 Å². The Hall–Kier alpha value is -3.08. The Kier molecular flexibility index (Phi) is 5.88. The summed E-state index contributed by atoms with van der Waals surface area (Å²) in [6.07, 6.45) is 3.26. The first-order chi connectivity index (χ1) is 14.6. The fraction of sp³-hybridized carbons (Fsp3) is 0.360. The number of ether oxygens (including phenoxy) is 1. The number of aromatic nitrogens is 2. The van der Waals surface area contributed by atoms with Crippen molar-refractivity contribution in [2.24, 2.45) is 0 Å². The number of para-hydroxylation sites is 1. The van der Waals surface area contributed by atoms with Crippen LogP contribution in [0.2, 0.25) is 0 Å². The molecule has 30 heavy (non-hydrogen) atoms. The Morgan fingerprint density at radius 2 is 1.93 bits per heavy atom. The minimum atomic E-state index is 0.141. The van der Waals surface area contributed by atoms with E-state index >= 15 is 0 Å². The highest BCUT2D eigenvalue weighted by molar-refractivity contribution is 5.77. The fourth-order valence-electron chi connectivity index (χ4n) is 4.49. The summed E-state index contributed by atoms with van der Waals surface area (Å²) in [5, 5.41) is 4.72. The van der Waals surface area contributed by atoms with Crippen molar-refractivity contribution in [3.05, 3.63) is 77.1 Å². The van der Waals surface area contributed by atoms with Crippen LogP contribution < -0.4 is 4.74 Å². The van der Waals surface area contributed by atoms with Gasteiger partial charge in [0.25, 0.3) is 0 Å². The molecule has 5 heteroatoms. The zero-order chi connectivity index (χ0) is 21.1. The van der Waals surface area contributed by atoms with Crippen molar-refractivity contribution in [2.45, 2.75) is 45.6 Å². The first kappa shape index (κ1) is 20.2. The Morgan fingerprint density at radius 3 is 2.70 bits per heavy atom. The first-order valence-corrected chi connectivity index (χ1v) is 10.6. The maximum Gasteiger partial charge on any atom is 0.223 e. The number of amides is 1. The number of hydrogen-bond acceptors (Lipinski definition) is 3. The summed E-state index contributed by atoms with van der Waals surface area (Å²) in [5.74, 6) is 1.05. The van der Waals surface area contributed by atoms with Gasteiger partial charge in [-0.15, -0.1) is 0 Å². The lowest BCUT2D eigenvalue weighted by Crippen LogP contribution is -2.30. The van der Waals surface area contributed by atoms with Crippen LogP contribution in [0.5, 0.6) is 5.75 Å². The van der Waals surface area contributed by atoms with Crippen molar-refractivity contribution in [3.63, 3.8) is 0 Å². The summed E-state index contributed by atoms with van der Waals surface area (Å²) in [7, 11) is 1.68. The van der Waals surface area contributed by atoms with Crippen LogP contribution in [0.25, 0.3) is 5.69 Å². The average Bonchev–Trinajstić information content (AvgIpc) is 3.38. The highest BCUT2D eigenvalue weighted by atomic mass is 16.5. The molecule has 0 bridgehead atoms. The molecule has 2 aromatic carbocycles. The van der Waals surface area contributed by atoms with E-state index in [4.69, 9.17) is 9.84 Å². The Morgan fingerprint density at radius 1 is 1.13 bits per heavy atom. The van der Waals surface area contributed by atoms with Gasteiger partial charge >= 0.3 is 0 Å². The molecule has 2 heterocycles. The van der Waals surface area contributed by atoms with Crippen LogP contribution >= 0.6 is 0 Å². The van der Waals surface area contributed by atoms with Crippen LogP contribution in [0.15, 0.2) is 54.6 Å². The molecule has 0 N–H and O–H groups in total. The van der Waals surface area contributed by atoms with Crippen molar-refractivity contribution < 1.29 is 9.53 Å². The third kappa shape index (κ3) is 3.97. The first-order valence-electron chi connectivity index (χ1n) is 10.6. The monoisotopic (exact) mass is 403 g/mol. The minimum absolute atomic E-state index is 0.141. The lowest BCUT2D eigenvalue weighted by Gasteiger charge is -2.25. The second-order valence-electron chi connectivity index (χ2n) is 7.92. The molecule has 1 amide bonds. The lowest BCUT2D eigenvalue weighted by molar-refractivity contribution is -0.132. The zero-order valence-electron chi connectivity index (χ0n) is 18.0. The average molecular weight is 404 g/mol. The van der Waals surface area contributed by atoms with Crippen molar-refractivity contribution in [2.75, 3.05) is 13.7 Å². The predicted molar refractivity (Wildman–Crippen MR) is 118 cm³/mol. The van der Waals surface area contributed by atoms with Crippen molar-refractivity contribution in [3.8, 4) is 11.4 Å². The van der Waals surface area contributed by atoms with Gasteiger partial charge in [-0.2, -0.15) is 5.10 Å². The van der Waals surface area contributed by atoms with E-state index in [0.717, 1.165) is 47.8 Å². The van der Waals surface area contributed by atoms with E-state index < -0.39 is 0 Å². The van der Waals surface area contributed by atoms with Crippen LogP contribution in [0.1, 0.15) is 47.8 Å². The number of hydrogen-bond donors (Lipinski definition) is 0. The molecule has 3 aromatic rings. The summed E-state index contributed by atoms with van der Waals surface area (Å²) in [4.78, 5) is 15.2. The third-order valence-corrected chi connectivity index (χ3v) is 6.08. The molecule has 0 aliphatic carbocycles. The van der Waals surface area contributed by atoms with Gasteiger partial charge < -0.3 is 9.64 Å². The molecule has 5 nitrogen and oxygen atoms in total. The summed E-state index contributed by atoms with van der Waals surface area (Å²) in [5.41, 5.74) is 5.48. The van der Waals surface area contributed by atoms with Crippen molar-refractivity contribution in [1.82, 2.24) is 14.7 Å². The molecular weight excluding hydrogens is 374 g/mol. The van der Waals surface area contributed by atoms with Gasteiger partial charge in [0.2, 0.25) is 5.91 Å². The topological polar surface area (TPSA) is 47.4 Å². The van der Waals surface area contributed by atoms with Gasteiger partial charge in [-0.1, -0.05) is 30.3 Å². The number of carbonyl (C=O) groups excluding carboxylic acids is 1. The summed E-state index contributed by atoms with van der Waals surface area (Å²) < 4.78 is 7.34.